The van der Waals surface area contributed by atoms with E-state index < -0.39 is 0 Å². The minimum atomic E-state index is 0.113. The molecule has 2 N–H and O–H groups in total. The first-order chi connectivity index (χ1) is 7.65. The lowest BCUT2D eigenvalue weighted by Crippen LogP contribution is -2.06. The van der Waals surface area contributed by atoms with E-state index in [0.717, 1.165) is 4.47 Å². The maximum atomic E-state index is 5.97. The van der Waals surface area contributed by atoms with Crippen molar-refractivity contribution >= 4 is 27.7 Å². The molecular weight excluding hydrogens is 282 g/mol. The molecule has 1 nitrogen and oxygen atoms in total. The van der Waals surface area contributed by atoms with E-state index >= 15 is 0 Å². The van der Waals surface area contributed by atoms with Gasteiger partial charge in [-0.2, -0.15) is 0 Å². The SMILES string of the molecule is CCCCCSc1cc(Br)ccc1C(C)N. The molecule has 0 spiro atoms. The fraction of sp³-hybridized carbons (Fsp3) is 0.538. The molecule has 0 saturated heterocycles. The Hall–Kier alpha value is 0.01000. The first kappa shape index (κ1) is 14.1. The second-order valence-corrected chi connectivity index (χ2v) is 6.08. The fourth-order valence-corrected chi connectivity index (χ4v) is 3.26. The summed E-state index contributed by atoms with van der Waals surface area (Å²) >= 11 is 5.43. The number of benzene rings is 1. The Kier molecular flexibility index (Phi) is 6.47. The largest absolute Gasteiger partial charge is 0.324 e. The molecule has 1 aromatic carbocycles. The van der Waals surface area contributed by atoms with Crippen LogP contribution in [0.3, 0.4) is 0 Å². The van der Waals surface area contributed by atoms with E-state index in [2.05, 4.69) is 41.1 Å². The van der Waals surface area contributed by atoms with Crippen molar-refractivity contribution in [3.8, 4) is 0 Å². The Bertz CT molecular complexity index is 326. The molecule has 0 heterocycles. The number of rotatable bonds is 6. The molecule has 0 aromatic heterocycles. The van der Waals surface area contributed by atoms with Crippen LogP contribution in [-0.4, -0.2) is 5.75 Å². The van der Waals surface area contributed by atoms with Gasteiger partial charge in [0.05, 0.1) is 0 Å². The zero-order valence-corrected chi connectivity index (χ0v) is 12.4. The van der Waals surface area contributed by atoms with Gasteiger partial charge in [-0.15, -0.1) is 11.8 Å². The first-order valence-corrected chi connectivity index (χ1v) is 7.60. The molecule has 0 bridgehead atoms. The summed E-state index contributed by atoms with van der Waals surface area (Å²) < 4.78 is 1.13. The third kappa shape index (κ3) is 4.48. The predicted octanol–water partition coefficient (Wildman–Crippen LogP) is 4.75. The number of thioether (sulfide) groups is 1. The number of halogens is 1. The van der Waals surface area contributed by atoms with Crippen molar-refractivity contribution in [2.45, 2.75) is 44.0 Å². The van der Waals surface area contributed by atoms with Gasteiger partial charge < -0.3 is 5.73 Å². The lowest BCUT2D eigenvalue weighted by molar-refractivity contribution is 0.776. The van der Waals surface area contributed by atoms with E-state index in [0.29, 0.717) is 0 Å². The highest BCUT2D eigenvalue weighted by atomic mass is 79.9. The second-order valence-electron chi connectivity index (χ2n) is 4.03. The average molecular weight is 302 g/mol. The van der Waals surface area contributed by atoms with Crippen LogP contribution in [0.15, 0.2) is 27.6 Å². The summed E-state index contributed by atoms with van der Waals surface area (Å²) in [6, 6.07) is 6.47. The second kappa shape index (κ2) is 7.36. The lowest BCUT2D eigenvalue weighted by Gasteiger charge is -2.12. The molecule has 0 fully saturated rings. The monoisotopic (exact) mass is 301 g/mol. The van der Waals surface area contributed by atoms with Crippen LogP contribution in [0.1, 0.15) is 44.7 Å². The Morgan fingerprint density at radius 1 is 1.38 bits per heavy atom. The smallest absolute Gasteiger partial charge is 0.0277 e. The zero-order valence-electron chi connectivity index (χ0n) is 10.0. The maximum Gasteiger partial charge on any atom is 0.0277 e. The van der Waals surface area contributed by atoms with Crippen molar-refractivity contribution in [1.29, 1.82) is 0 Å². The normalized spacial score (nSPS) is 12.8. The van der Waals surface area contributed by atoms with E-state index in [-0.39, 0.29) is 6.04 Å². The van der Waals surface area contributed by atoms with Crippen LogP contribution in [0.25, 0.3) is 0 Å². The maximum absolute atomic E-state index is 5.97. The predicted molar refractivity (Wildman–Crippen MR) is 77.0 cm³/mol. The average Bonchev–Trinajstić information content (AvgIpc) is 2.24. The number of nitrogens with two attached hydrogens (primary N) is 1. The van der Waals surface area contributed by atoms with Gasteiger partial charge in [0.25, 0.3) is 0 Å². The Morgan fingerprint density at radius 2 is 2.12 bits per heavy atom. The summed E-state index contributed by atoms with van der Waals surface area (Å²) in [4.78, 5) is 1.32. The third-order valence-electron chi connectivity index (χ3n) is 2.47. The minimum absolute atomic E-state index is 0.113. The van der Waals surface area contributed by atoms with E-state index in [4.69, 9.17) is 5.73 Å². The van der Waals surface area contributed by atoms with Crippen LogP contribution in [0.4, 0.5) is 0 Å². The van der Waals surface area contributed by atoms with Gasteiger partial charge in [0.1, 0.15) is 0 Å². The topological polar surface area (TPSA) is 26.0 Å². The minimum Gasteiger partial charge on any atom is -0.324 e. The van der Waals surface area contributed by atoms with Gasteiger partial charge in [0.2, 0.25) is 0 Å². The van der Waals surface area contributed by atoms with Gasteiger partial charge >= 0.3 is 0 Å². The summed E-state index contributed by atoms with van der Waals surface area (Å²) in [5.74, 6) is 1.18. The molecular formula is C13H20BrNS. The molecule has 0 amide bonds. The summed E-state index contributed by atoms with van der Waals surface area (Å²) in [7, 11) is 0. The highest BCUT2D eigenvalue weighted by Crippen LogP contribution is 2.30. The first-order valence-electron chi connectivity index (χ1n) is 5.83. The van der Waals surface area contributed by atoms with E-state index in [1.54, 1.807) is 0 Å². The van der Waals surface area contributed by atoms with Crippen molar-refractivity contribution in [1.82, 2.24) is 0 Å². The number of unbranched alkanes of at least 4 members (excludes halogenated alkanes) is 2. The third-order valence-corrected chi connectivity index (χ3v) is 4.12. The highest BCUT2D eigenvalue weighted by Gasteiger charge is 2.07. The number of hydrogen-bond acceptors (Lipinski definition) is 2. The summed E-state index contributed by atoms with van der Waals surface area (Å²) in [6.07, 6.45) is 3.87. The summed E-state index contributed by atoms with van der Waals surface area (Å²) in [5, 5.41) is 0. The molecule has 3 heteroatoms. The van der Waals surface area contributed by atoms with Crippen molar-refractivity contribution in [3.05, 3.63) is 28.2 Å². The summed E-state index contributed by atoms with van der Waals surface area (Å²) in [6.45, 7) is 4.27. The van der Waals surface area contributed by atoms with E-state index in [1.165, 1.54) is 35.5 Å². The van der Waals surface area contributed by atoms with Crippen LogP contribution >= 0.6 is 27.7 Å². The van der Waals surface area contributed by atoms with Crippen LogP contribution in [0.2, 0.25) is 0 Å². The quantitative estimate of drug-likeness (QED) is 0.606. The van der Waals surface area contributed by atoms with Gasteiger partial charge in [-0.05, 0) is 36.8 Å². The highest BCUT2D eigenvalue weighted by molar-refractivity contribution is 9.10. The molecule has 0 aliphatic rings. The van der Waals surface area contributed by atoms with Crippen molar-refractivity contribution in [3.63, 3.8) is 0 Å². The van der Waals surface area contributed by atoms with Gasteiger partial charge in [-0.3, -0.25) is 0 Å². The Morgan fingerprint density at radius 3 is 2.75 bits per heavy atom. The van der Waals surface area contributed by atoms with Crippen LogP contribution in [0, 0.1) is 0 Å². The fourth-order valence-electron chi connectivity index (χ4n) is 1.54. The molecule has 0 aliphatic carbocycles. The molecule has 0 radical (unpaired) electrons. The molecule has 1 rings (SSSR count). The molecule has 1 aromatic rings. The molecule has 90 valence electrons. The zero-order chi connectivity index (χ0) is 12.0. The van der Waals surface area contributed by atoms with Crippen LogP contribution in [0.5, 0.6) is 0 Å². The molecule has 16 heavy (non-hydrogen) atoms. The Labute approximate surface area is 111 Å². The van der Waals surface area contributed by atoms with E-state index in [1.807, 2.05) is 18.7 Å². The van der Waals surface area contributed by atoms with Crippen LogP contribution < -0.4 is 5.73 Å². The molecule has 0 aliphatic heterocycles. The van der Waals surface area contributed by atoms with Crippen molar-refractivity contribution in [2.75, 3.05) is 5.75 Å². The Balaban J connectivity index is 2.65. The van der Waals surface area contributed by atoms with Crippen molar-refractivity contribution < 1.29 is 0 Å². The standard InChI is InChI=1S/C13H20BrNS/c1-3-4-5-8-16-13-9-11(14)6-7-12(13)10(2)15/h6-7,9-10H,3-5,8,15H2,1-2H3. The van der Waals surface area contributed by atoms with Gasteiger partial charge in [-0.1, -0.05) is 41.8 Å². The van der Waals surface area contributed by atoms with Crippen LogP contribution in [-0.2, 0) is 0 Å². The molecule has 0 saturated carbocycles. The molecule has 1 atom stereocenters. The van der Waals surface area contributed by atoms with Gasteiger partial charge in [0.15, 0.2) is 0 Å². The summed E-state index contributed by atoms with van der Waals surface area (Å²) in [5.41, 5.74) is 7.22. The van der Waals surface area contributed by atoms with Gasteiger partial charge in [-0.25, -0.2) is 0 Å². The lowest BCUT2D eigenvalue weighted by atomic mass is 10.1. The van der Waals surface area contributed by atoms with Gasteiger partial charge in [0, 0.05) is 15.4 Å². The van der Waals surface area contributed by atoms with E-state index in [9.17, 15) is 0 Å². The van der Waals surface area contributed by atoms with Crippen molar-refractivity contribution in [2.24, 2.45) is 5.73 Å². The molecule has 1 unspecified atom stereocenters. The number of hydrogen-bond donors (Lipinski definition) is 1.